The van der Waals surface area contributed by atoms with Crippen LogP contribution in [0.15, 0.2) is 87.5 Å². The van der Waals surface area contributed by atoms with Crippen LogP contribution < -0.4 is 14.0 Å². The third-order valence-electron chi connectivity index (χ3n) is 4.21. The molecule has 0 heterocycles. The predicted octanol–water partition coefficient (Wildman–Crippen LogP) is 2.72. The van der Waals surface area contributed by atoms with E-state index in [-0.39, 0.29) is 0 Å². The van der Waals surface area contributed by atoms with Crippen LogP contribution >= 0.6 is 10.3 Å². The molecular weight excluding hydrogens is 384 g/mol. The van der Waals surface area contributed by atoms with Gasteiger partial charge in [-0.1, -0.05) is 54.1 Å². The van der Waals surface area contributed by atoms with Crippen molar-refractivity contribution in [3.63, 3.8) is 0 Å². The van der Waals surface area contributed by atoms with Gasteiger partial charge in [0, 0.05) is 14.7 Å². The Kier molecular flexibility index (Phi) is 5.63. The predicted molar refractivity (Wildman–Crippen MR) is 97.0 cm³/mol. The molecule has 0 unspecified atom stereocenters. The van der Waals surface area contributed by atoms with E-state index in [4.69, 9.17) is 3.74 Å². The van der Waals surface area contributed by atoms with Crippen LogP contribution in [0.3, 0.4) is 0 Å². The monoisotopic (exact) mass is 404 g/mol. The molecule has 27 heavy (non-hydrogen) atoms. The van der Waals surface area contributed by atoms with E-state index in [0.29, 0.717) is 9.79 Å². The molecule has 0 aromatic heterocycles. The summed E-state index contributed by atoms with van der Waals surface area (Å²) in [6.45, 7) is 5.82. The molecule has 142 valence electrons. The molecule has 3 rings (SSSR count). The molecule has 0 aliphatic carbocycles. The van der Waals surface area contributed by atoms with Gasteiger partial charge in [-0.3, -0.25) is 0 Å². The van der Waals surface area contributed by atoms with Crippen molar-refractivity contribution >= 4 is 10.3 Å². The fraction of sp³-hybridized carbons (Fsp3) is 0.143. The van der Waals surface area contributed by atoms with Crippen molar-refractivity contribution in [2.45, 2.75) is 35.5 Å². The van der Waals surface area contributed by atoms with Crippen molar-refractivity contribution in [3.8, 4) is 0 Å². The highest BCUT2D eigenvalue weighted by molar-refractivity contribution is 8.30. The zero-order valence-electron chi connectivity index (χ0n) is 15.3. The molecule has 0 spiro atoms. The summed E-state index contributed by atoms with van der Waals surface area (Å²) in [7, 11) is -7.45. The van der Waals surface area contributed by atoms with Crippen molar-refractivity contribution in [1.82, 2.24) is 0 Å². The molecule has 4 nitrogen and oxygen atoms in total. The number of rotatable bonds is 5. The molecule has 0 amide bonds. The summed E-state index contributed by atoms with van der Waals surface area (Å²) in [4.78, 5) is 2.04. The lowest BCUT2D eigenvalue weighted by Crippen LogP contribution is -2.61. The molecule has 3 aromatic carbocycles. The van der Waals surface area contributed by atoms with Gasteiger partial charge in [-0.2, -0.15) is 14.0 Å². The Hall–Kier alpha value is -1.86. The Morgan fingerprint density at radius 2 is 1.11 bits per heavy atom. The first-order valence-electron chi connectivity index (χ1n) is 8.37. The standard InChI is InChI=1S/C21H21ClO4S/c1-16-14-17(2)21(18(3)15-16)27(26-22(23,24)25,19-10-6-4-7-11-19)20-12-8-5-9-13-20/h4-15H,1-3H3. The molecule has 0 atom stereocenters. The van der Waals surface area contributed by atoms with Gasteiger partial charge in [0.1, 0.15) is 3.74 Å². The Morgan fingerprint density at radius 3 is 1.48 bits per heavy atom. The summed E-state index contributed by atoms with van der Waals surface area (Å²) in [6.07, 6.45) is 0. The van der Waals surface area contributed by atoms with E-state index in [1.807, 2.05) is 93.6 Å². The first-order valence-corrected chi connectivity index (χ1v) is 11.2. The maximum Gasteiger partial charge on any atom is 0.134 e. The molecule has 0 fully saturated rings. The van der Waals surface area contributed by atoms with Crippen LogP contribution in [0.25, 0.3) is 0 Å². The number of hydrogen-bond donors (Lipinski definition) is 0. The quantitative estimate of drug-likeness (QED) is 0.655. The largest absolute Gasteiger partial charge is 0.182 e. The number of hydrogen-bond acceptors (Lipinski definition) is 4. The van der Waals surface area contributed by atoms with Gasteiger partial charge < -0.3 is 0 Å². The second-order valence-corrected chi connectivity index (χ2v) is 10.1. The zero-order chi connectivity index (χ0) is 19.7. The van der Waals surface area contributed by atoms with Crippen LogP contribution in [0.2, 0.25) is 0 Å². The Balaban J connectivity index is 2.45. The Bertz CT molecular complexity index is 861. The Morgan fingerprint density at radius 1 is 0.704 bits per heavy atom. The van der Waals surface area contributed by atoms with Gasteiger partial charge in [0.15, 0.2) is 0 Å². The fourth-order valence-corrected chi connectivity index (χ4v) is 8.05. The van der Waals surface area contributed by atoms with E-state index < -0.39 is 20.6 Å². The fourth-order valence-electron chi connectivity index (χ4n) is 3.44. The molecule has 6 heteroatoms. The molecular formula is C21H21ClO4S. The summed E-state index contributed by atoms with van der Waals surface area (Å²) in [5, 5.41) is 0. The van der Waals surface area contributed by atoms with Crippen molar-refractivity contribution in [2.75, 3.05) is 0 Å². The highest BCUT2D eigenvalue weighted by Crippen LogP contribution is 2.71. The van der Waals surface area contributed by atoms with Crippen molar-refractivity contribution in [3.05, 3.63) is 89.5 Å². The van der Waals surface area contributed by atoms with E-state index in [9.17, 15) is 14.0 Å². The summed E-state index contributed by atoms with van der Waals surface area (Å²) in [5.74, 6) is 0. The number of halogens is 1. The normalized spacial score (nSPS) is 12.8. The second-order valence-electron chi connectivity index (χ2n) is 6.35. The Labute approximate surface area is 163 Å². The average Bonchev–Trinajstić information content (AvgIpc) is 2.60. The minimum atomic E-state index is -4.67. The highest BCUT2D eigenvalue weighted by atomic mass is 35.7. The van der Waals surface area contributed by atoms with E-state index >= 15 is 0 Å². The molecule has 0 saturated heterocycles. The minimum Gasteiger partial charge on any atom is -0.182 e. The van der Waals surface area contributed by atoms with Gasteiger partial charge in [-0.25, -0.2) is 0 Å². The van der Waals surface area contributed by atoms with Crippen molar-refractivity contribution < 1.29 is 28.0 Å². The molecule has 0 aliphatic rings. The lowest BCUT2D eigenvalue weighted by molar-refractivity contribution is -1.91. The second kappa shape index (κ2) is 7.64. The van der Waals surface area contributed by atoms with E-state index in [1.54, 1.807) is 0 Å². The van der Waals surface area contributed by atoms with Gasteiger partial charge >= 0.3 is 0 Å². The number of aryl methyl sites for hydroxylation is 3. The van der Waals surface area contributed by atoms with E-state index in [1.165, 1.54) is 0 Å². The lowest BCUT2D eigenvalue weighted by Gasteiger charge is -2.36. The molecule has 0 saturated carbocycles. The van der Waals surface area contributed by atoms with E-state index in [0.717, 1.165) is 21.6 Å². The first kappa shape index (κ1) is 19.9. The van der Waals surface area contributed by atoms with Gasteiger partial charge in [-0.05, 0) is 56.2 Å². The minimum absolute atomic E-state index is 0.651. The van der Waals surface area contributed by atoms with Gasteiger partial charge in [-0.15, -0.1) is 0 Å². The summed E-state index contributed by atoms with van der Waals surface area (Å²) >= 11 is 0. The van der Waals surface area contributed by atoms with Crippen LogP contribution in [-0.4, -0.2) is 0 Å². The molecule has 0 bridgehead atoms. The van der Waals surface area contributed by atoms with Crippen LogP contribution in [0.5, 0.6) is 0 Å². The maximum absolute atomic E-state index is 11.9. The maximum atomic E-state index is 11.9. The molecule has 0 N–H and O–H groups in total. The summed E-state index contributed by atoms with van der Waals surface area (Å²) in [6, 6.07) is 22.1. The van der Waals surface area contributed by atoms with Crippen LogP contribution in [0, 0.1) is 31.0 Å². The summed E-state index contributed by atoms with van der Waals surface area (Å²) < 4.78 is 41.1. The zero-order valence-corrected chi connectivity index (χ0v) is 16.9. The molecule has 0 aliphatic heterocycles. The van der Waals surface area contributed by atoms with Gasteiger partial charge in [0.05, 0.1) is 20.6 Å². The first-order chi connectivity index (χ1) is 12.7. The van der Waals surface area contributed by atoms with Crippen molar-refractivity contribution in [1.29, 1.82) is 0 Å². The molecule has 0 radical (unpaired) electrons. The topological polar surface area (TPSA) is 78.4 Å². The third kappa shape index (κ3) is 4.04. The lowest BCUT2D eigenvalue weighted by atomic mass is 10.1. The smallest absolute Gasteiger partial charge is 0.134 e. The van der Waals surface area contributed by atoms with Crippen LogP contribution in [0.1, 0.15) is 16.7 Å². The SMILES string of the molecule is Cc1cc(C)c(S(O[Cl+3]([O-])([O-])[O-])(c2ccccc2)c2ccccc2)c(C)c1. The third-order valence-corrected chi connectivity index (χ3v) is 8.68. The average molecular weight is 405 g/mol. The van der Waals surface area contributed by atoms with Gasteiger partial charge in [0.2, 0.25) is 0 Å². The van der Waals surface area contributed by atoms with Crippen molar-refractivity contribution in [2.24, 2.45) is 0 Å². The van der Waals surface area contributed by atoms with Gasteiger partial charge in [0.25, 0.3) is 0 Å². The number of benzene rings is 3. The van der Waals surface area contributed by atoms with E-state index in [2.05, 4.69) is 0 Å². The van der Waals surface area contributed by atoms with Crippen LogP contribution in [-0.2, 0) is 3.74 Å². The highest BCUT2D eigenvalue weighted by Gasteiger charge is 2.47. The molecule has 3 aromatic rings. The summed E-state index contributed by atoms with van der Waals surface area (Å²) in [5.41, 5.74) is 2.83. The van der Waals surface area contributed by atoms with Crippen LogP contribution in [0.4, 0.5) is 0 Å².